The SMILES string of the molecule is CCSc1oc2c([C@@H](C)NC(=O)OC(C)(C)C)cc(C)cc2c(=O)c1I. The van der Waals surface area contributed by atoms with Gasteiger partial charge in [0.05, 0.1) is 11.4 Å². The van der Waals surface area contributed by atoms with Crippen molar-refractivity contribution >= 4 is 51.4 Å². The molecule has 0 aliphatic rings. The van der Waals surface area contributed by atoms with Crippen molar-refractivity contribution in [3.63, 3.8) is 0 Å². The van der Waals surface area contributed by atoms with Crippen molar-refractivity contribution in [1.82, 2.24) is 5.32 Å². The number of thioether (sulfide) groups is 1. The minimum absolute atomic E-state index is 0.0442. The van der Waals surface area contributed by atoms with Crippen LogP contribution >= 0.6 is 34.4 Å². The molecule has 1 aromatic heterocycles. The summed E-state index contributed by atoms with van der Waals surface area (Å²) in [5.74, 6) is 0.803. The predicted octanol–water partition coefficient (Wildman–Crippen LogP) is 5.40. The van der Waals surface area contributed by atoms with E-state index in [0.29, 0.717) is 19.6 Å². The van der Waals surface area contributed by atoms with Crippen LogP contribution in [-0.2, 0) is 4.74 Å². The highest BCUT2D eigenvalue weighted by Crippen LogP contribution is 2.31. The second-order valence-corrected chi connectivity index (χ2v) is 9.38. The molecule has 0 saturated carbocycles. The largest absolute Gasteiger partial charge is 0.448 e. The van der Waals surface area contributed by atoms with Gasteiger partial charge in [-0.2, -0.15) is 0 Å². The second kappa shape index (κ2) is 8.21. The highest BCUT2D eigenvalue weighted by Gasteiger charge is 2.22. The van der Waals surface area contributed by atoms with E-state index in [4.69, 9.17) is 9.15 Å². The first kappa shape index (κ1) is 21.1. The maximum atomic E-state index is 12.8. The molecule has 5 nitrogen and oxygen atoms in total. The molecule has 0 saturated heterocycles. The zero-order valence-electron chi connectivity index (χ0n) is 15.9. The number of alkyl carbamates (subject to hydrolysis) is 1. The highest BCUT2D eigenvalue weighted by molar-refractivity contribution is 14.1. The number of hydrogen-bond acceptors (Lipinski definition) is 5. The van der Waals surface area contributed by atoms with Gasteiger partial charge < -0.3 is 14.5 Å². The van der Waals surface area contributed by atoms with E-state index in [-0.39, 0.29) is 11.5 Å². The zero-order chi connectivity index (χ0) is 19.6. The number of rotatable bonds is 4. The second-order valence-electron chi connectivity index (χ2n) is 7.06. The molecule has 0 bridgehead atoms. The van der Waals surface area contributed by atoms with E-state index in [2.05, 4.69) is 5.32 Å². The Bertz CT molecular complexity index is 886. The number of hydrogen-bond donors (Lipinski definition) is 1. The first-order chi connectivity index (χ1) is 12.0. The van der Waals surface area contributed by atoms with Crippen LogP contribution in [0.1, 0.15) is 51.8 Å². The molecular formula is C19H24INO4S. The molecule has 1 amide bonds. The van der Waals surface area contributed by atoms with Gasteiger partial charge in [0.15, 0.2) is 5.09 Å². The lowest BCUT2D eigenvalue weighted by molar-refractivity contribution is 0.0508. The van der Waals surface area contributed by atoms with E-state index >= 15 is 0 Å². The van der Waals surface area contributed by atoms with Crippen LogP contribution in [-0.4, -0.2) is 17.4 Å². The predicted molar refractivity (Wildman–Crippen MR) is 114 cm³/mol. The van der Waals surface area contributed by atoms with Crippen molar-refractivity contribution in [3.8, 4) is 0 Å². The van der Waals surface area contributed by atoms with Crippen molar-refractivity contribution in [3.05, 3.63) is 37.1 Å². The van der Waals surface area contributed by atoms with E-state index in [1.54, 1.807) is 0 Å². The molecular weight excluding hydrogens is 465 g/mol. The number of fused-ring (bicyclic) bond motifs is 1. The monoisotopic (exact) mass is 489 g/mol. The van der Waals surface area contributed by atoms with Gasteiger partial charge in [0.25, 0.3) is 0 Å². The summed E-state index contributed by atoms with van der Waals surface area (Å²) in [7, 11) is 0. The third-order valence-electron chi connectivity index (χ3n) is 3.56. The number of ether oxygens (including phenoxy) is 1. The number of carbonyl (C=O) groups is 1. The third-order valence-corrected chi connectivity index (χ3v) is 5.74. The zero-order valence-corrected chi connectivity index (χ0v) is 18.8. The van der Waals surface area contributed by atoms with Gasteiger partial charge in [-0.15, -0.1) is 0 Å². The van der Waals surface area contributed by atoms with Crippen molar-refractivity contribution in [1.29, 1.82) is 0 Å². The molecule has 1 heterocycles. The standard InChI is InChI=1S/C19H24INO4S/c1-7-26-17-14(20)15(22)13-9-10(2)8-12(16(13)24-17)11(3)21-18(23)25-19(4,5)6/h8-9,11H,7H2,1-6H3,(H,21,23)/t11-/m1/s1. The summed E-state index contributed by atoms with van der Waals surface area (Å²) in [6.07, 6.45) is -0.504. The first-order valence-electron chi connectivity index (χ1n) is 8.42. The number of amides is 1. The minimum Gasteiger partial charge on any atom is -0.448 e. The summed E-state index contributed by atoms with van der Waals surface area (Å²) >= 11 is 3.53. The van der Waals surface area contributed by atoms with E-state index in [1.165, 1.54) is 11.8 Å². The Morgan fingerprint density at radius 2 is 2.04 bits per heavy atom. The topological polar surface area (TPSA) is 68.5 Å². The smallest absolute Gasteiger partial charge is 0.408 e. The van der Waals surface area contributed by atoms with Gasteiger partial charge in [-0.3, -0.25) is 4.79 Å². The van der Waals surface area contributed by atoms with Gasteiger partial charge in [0, 0.05) is 5.56 Å². The number of benzene rings is 1. The summed E-state index contributed by atoms with van der Waals surface area (Å²) < 4.78 is 12.0. The fourth-order valence-corrected chi connectivity index (χ4v) is 4.03. The van der Waals surface area contributed by atoms with Gasteiger partial charge in [-0.1, -0.05) is 24.8 Å². The Labute approximate surface area is 171 Å². The number of nitrogens with one attached hydrogen (secondary N) is 1. The number of halogens is 1. The Hall–Kier alpha value is -1.22. The van der Waals surface area contributed by atoms with E-state index in [1.807, 2.05) is 76.3 Å². The van der Waals surface area contributed by atoms with E-state index < -0.39 is 11.7 Å². The van der Waals surface area contributed by atoms with Gasteiger partial charge in [-0.25, -0.2) is 4.79 Å². The van der Waals surface area contributed by atoms with Crippen molar-refractivity contribution < 1.29 is 13.9 Å². The Kier molecular flexibility index (Phi) is 6.65. The lowest BCUT2D eigenvalue weighted by atomic mass is 10.0. The maximum Gasteiger partial charge on any atom is 0.408 e. The average molecular weight is 489 g/mol. The quantitative estimate of drug-likeness (QED) is 0.460. The van der Waals surface area contributed by atoms with Crippen molar-refractivity contribution in [2.24, 2.45) is 0 Å². The van der Waals surface area contributed by atoms with Crippen LogP contribution in [0.4, 0.5) is 4.79 Å². The van der Waals surface area contributed by atoms with Crippen LogP contribution in [0.3, 0.4) is 0 Å². The molecule has 1 atom stereocenters. The van der Waals surface area contributed by atoms with Gasteiger partial charge in [0.2, 0.25) is 5.43 Å². The van der Waals surface area contributed by atoms with Crippen LogP contribution in [0.2, 0.25) is 0 Å². The van der Waals surface area contributed by atoms with Crippen LogP contribution in [0, 0.1) is 10.5 Å². The molecule has 2 rings (SSSR count). The lowest BCUT2D eigenvalue weighted by Gasteiger charge is -2.22. The molecule has 1 aromatic carbocycles. The fourth-order valence-electron chi connectivity index (χ4n) is 2.54. The number of aryl methyl sites for hydroxylation is 1. The normalized spacial score (nSPS) is 12.9. The minimum atomic E-state index is -0.577. The summed E-state index contributed by atoms with van der Waals surface area (Å²) in [5.41, 5.74) is 1.59. The van der Waals surface area contributed by atoms with Gasteiger partial charge >= 0.3 is 6.09 Å². The maximum absolute atomic E-state index is 12.8. The molecule has 2 aromatic rings. The van der Waals surface area contributed by atoms with E-state index in [0.717, 1.165) is 16.9 Å². The first-order valence-corrected chi connectivity index (χ1v) is 10.5. The number of carbonyl (C=O) groups excluding carboxylic acids is 1. The fraction of sp³-hybridized carbons (Fsp3) is 0.474. The summed E-state index contributed by atoms with van der Waals surface area (Å²) in [6, 6.07) is 3.39. The van der Waals surface area contributed by atoms with Crippen LogP contribution in [0.5, 0.6) is 0 Å². The van der Waals surface area contributed by atoms with E-state index in [9.17, 15) is 9.59 Å². The average Bonchev–Trinajstić information content (AvgIpc) is 2.50. The molecule has 0 radical (unpaired) electrons. The lowest BCUT2D eigenvalue weighted by Crippen LogP contribution is -2.34. The van der Waals surface area contributed by atoms with Crippen LogP contribution < -0.4 is 10.7 Å². The molecule has 0 unspecified atom stereocenters. The molecule has 0 aliphatic heterocycles. The molecule has 0 spiro atoms. The van der Waals surface area contributed by atoms with Crippen molar-refractivity contribution in [2.75, 3.05) is 5.75 Å². The molecule has 1 N–H and O–H groups in total. The Morgan fingerprint density at radius 3 is 2.62 bits per heavy atom. The summed E-state index contributed by atoms with van der Waals surface area (Å²) in [4.78, 5) is 24.9. The van der Waals surface area contributed by atoms with Gasteiger partial charge in [-0.05, 0) is 74.6 Å². The molecule has 0 aliphatic carbocycles. The summed E-state index contributed by atoms with van der Waals surface area (Å²) in [6.45, 7) is 11.2. The summed E-state index contributed by atoms with van der Waals surface area (Å²) in [5, 5.41) is 3.97. The highest BCUT2D eigenvalue weighted by atomic mass is 127. The van der Waals surface area contributed by atoms with Crippen LogP contribution in [0.15, 0.2) is 26.4 Å². The van der Waals surface area contributed by atoms with Gasteiger partial charge in [0.1, 0.15) is 14.8 Å². The van der Waals surface area contributed by atoms with Crippen LogP contribution in [0.25, 0.3) is 11.0 Å². The molecule has 0 fully saturated rings. The molecule has 7 heteroatoms. The molecule has 142 valence electrons. The Balaban J connectivity index is 2.52. The Morgan fingerprint density at radius 1 is 1.38 bits per heavy atom. The van der Waals surface area contributed by atoms with Crippen molar-refractivity contribution in [2.45, 2.75) is 58.3 Å². The third kappa shape index (κ3) is 4.94. The molecule has 26 heavy (non-hydrogen) atoms.